The summed E-state index contributed by atoms with van der Waals surface area (Å²) >= 11 is 5.81. The average molecular weight is 511 g/mol. The van der Waals surface area contributed by atoms with Gasteiger partial charge < -0.3 is 20.1 Å². The maximum absolute atomic E-state index is 12.8. The van der Waals surface area contributed by atoms with Crippen molar-refractivity contribution in [3.8, 4) is 0 Å². The highest BCUT2D eigenvalue weighted by Gasteiger charge is 2.41. The summed E-state index contributed by atoms with van der Waals surface area (Å²) in [7, 11) is 0. The van der Waals surface area contributed by atoms with Crippen molar-refractivity contribution in [3.63, 3.8) is 0 Å². The summed E-state index contributed by atoms with van der Waals surface area (Å²) in [4.78, 5) is 23.7. The molecule has 0 unspecified atom stereocenters. The van der Waals surface area contributed by atoms with E-state index >= 15 is 0 Å². The number of thiocarbonyl (C=S) groups is 1. The Morgan fingerprint density at radius 3 is 2.51 bits per heavy atom. The van der Waals surface area contributed by atoms with E-state index in [1.807, 2.05) is 73.1 Å². The van der Waals surface area contributed by atoms with Gasteiger partial charge in [-0.1, -0.05) is 24.3 Å². The molecule has 1 aliphatic heterocycles. The van der Waals surface area contributed by atoms with Gasteiger partial charge in [-0.3, -0.25) is 14.8 Å². The molecule has 0 saturated carbocycles. The fourth-order valence-electron chi connectivity index (χ4n) is 4.99. The van der Waals surface area contributed by atoms with E-state index in [1.165, 1.54) is 22.5 Å². The Kier molecular flexibility index (Phi) is 7.28. The fraction of sp³-hybridized carbons (Fsp3) is 0.241. The summed E-state index contributed by atoms with van der Waals surface area (Å²) in [6.07, 6.45) is 5.77. The summed E-state index contributed by atoms with van der Waals surface area (Å²) in [6, 6.07) is 21.5. The predicted molar refractivity (Wildman–Crippen MR) is 149 cm³/mol. The van der Waals surface area contributed by atoms with Crippen LogP contribution in [0.5, 0.6) is 0 Å². The predicted octanol–water partition coefficient (Wildman–Crippen LogP) is 4.94. The summed E-state index contributed by atoms with van der Waals surface area (Å²) in [6.45, 7) is 5.54. The number of amides is 1. The molecule has 2 atom stereocenters. The molecule has 1 amide bonds. The molecule has 1 aromatic carbocycles. The van der Waals surface area contributed by atoms with Gasteiger partial charge in [0.25, 0.3) is 0 Å². The number of anilines is 1. The maximum atomic E-state index is 12.8. The molecule has 5 rings (SSSR count). The molecule has 4 aromatic rings. The van der Waals surface area contributed by atoms with Gasteiger partial charge in [0.15, 0.2) is 5.11 Å². The first-order chi connectivity index (χ1) is 18.0. The highest BCUT2D eigenvalue weighted by Crippen LogP contribution is 2.41. The summed E-state index contributed by atoms with van der Waals surface area (Å²) in [5.74, 6) is -0.0443. The molecule has 0 aliphatic carbocycles. The zero-order valence-corrected chi connectivity index (χ0v) is 21.8. The van der Waals surface area contributed by atoms with Crippen LogP contribution < -0.4 is 10.6 Å². The van der Waals surface area contributed by atoms with Crippen LogP contribution in [0.2, 0.25) is 0 Å². The van der Waals surface area contributed by atoms with Gasteiger partial charge in [-0.25, -0.2) is 0 Å². The van der Waals surface area contributed by atoms with Gasteiger partial charge in [-0.2, -0.15) is 0 Å². The van der Waals surface area contributed by atoms with E-state index in [2.05, 4.69) is 50.0 Å². The lowest BCUT2D eigenvalue weighted by atomic mass is 9.96. The second-order valence-electron chi connectivity index (χ2n) is 9.25. The van der Waals surface area contributed by atoms with Gasteiger partial charge >= 0.3 is 0 Å². The molecular weight excluding hydrogens is 480 g/mol. The number of pyridine rings is 2. The molecule has 0 radical (unpaired) electrons. The van der Waals surface area contributed by atoms with Crippen molar-refractivity contribution in [1.29, 1.82) is 0 Å². The van der Waals surface area contributed by atoms with Gasteiger partial charge in [0.05, 0.1) is 17.8 Å². The quantitative estimate of drug-likeness (QED) is 0.327. The van der Waals surface area contributed by atoms with Crippen LogP contribution in [-0.4, -0.2) is 37.0 Å². The Bertz CT molecular complexity index is 1370. The normalized spacial score (nSPS) is 17.0. The minimum Gasteiger partial charge on any atom is -0.352 e. The number of aryl methyl sites for hydroxylation is 1. The molecule has 7 nitrogen and oxygen atoms in total. The Labute approximate surface area is 222 Å². The topological polar surface area (TPSA) is 75.1 Å². The van der Waals surface area contributed by atoms with Gasteiger partial charge in [-0.05, 0) is 79.7 Å². The number of benzene rings is 1. The molecule has 2 N–H and O–H groups in total. The molecule has 37 heavy (non-hydrogen) atoms. The molecule has 0 spiro atoms. The standard InChI is InChI=1S/C29H30N6OS/c1-20-18-24(21(2)35(20)19-22-11-15-30-16-12-22)28-27(25-10-6-7-14-31-25)33-29(37)34(28)17-13-26(36)32-23-8-4-3-5-9-23/h3-12,14-16,18,27-28H,13,17,19H2,1-2H3,(H,32,36)(H,33,37)/t27-,28-/m1/s1. The number of rotatable bonds is 8. The fourth-order valence-corrected chi connectivity index (χ4v) is 5.32. The molecule has 1 fully saturated rings. The lowest BCUT2D eigenvalue weighted by Crippen LogP contribution is -2.32. The number of para-hydroxylation sites is 1. The average Bonchev–Trinajstić information content (AvgIpc) is 3.39. The minimum absolute atomic E-state index is 0.0443. The number of nitrogens with zero attached hydrogens (tertiary/aromatic N) is 4. The van der Waals surface area contributed by atoms with E-state index in [1.54, 1.807) is 6.20 Å². The summed E-state index contributed by atoms with van der Waals surface area (Å²) in [5, 5.41) is 7.10. The third-order valence-electron chi connectivity index (χ3n) is 6.86. The molecule has 188 valence electrons. The van der Waals surface area contributed by atoms with E-state index in [4.69, 9.17) is 12.2 Å². The van der Waals surface area contributed by atoms with Crippen LogP contribution in [0.1, 0.15) is 46.7 Å². The van der Waals surface area contributed by atoms with Crippen LogP contribution in [0.15, 0.2) is 85.3 Å². The number of hydrogen-bond acceptors (Lipinski definition) is 4. The van der Waals surface area contributed by atoms with E-state index in [0.717, 1.165) is 17.9 Å². The monoisotopic (exact) mass is 510 g/mol. The molecule has 8 heteroatoms. The highest BCUT2D eigenvalue weighted by atomic mass is 32.1. The van der Waals surface area contributed by atoms with Crippen molar-refractivity contribution in [2.45, 2.75) is 38.9 Å². The van der Waals surface area contributed by atoms with E-state index in [9.17, 15) is 4.79 Å². The largest absolute Gasteiger partial charge is 0.352 e. The Hall–Kier alpha value is -4.04. The molecule has 0 bridgehead atoms. The Morgan fingerprint density at radius 2 is 1.78 bits per heavy atom. The first kappa shape index (κ1) is 24.6. The number of carbonyl (C=O) groups excluding carboxylic acids is 1. The van der Waals surface area contributed by atoms with Crippen molar-refractivity contribution in [2.75, 3.05) is 11.9 Å². The Morgan fingerprint density at radius 1 is 1.03 bits per heavy atom. The zero-order chi connectivity index (χ0) is 25.8. The summed E-state index contributed by atoms with van der Waals surface area (Å²) in [5.41, 5.74) is 6.42. The third kappa shape index (κ3) is 5.39. The smallest absolute Gasteiger partial charge is 0.226 e. The number of hydrogen-bond donors (Lipinski definition) is 2. The number of carbonyl (C=O) groups is 1. The molecular formula is C29H30N6OS. The SMILES string of the molecule is Cc1cc([C@@H]2[C@@H](c3ccccn3)NC(=S)N2CCC(=O)Nc2ccccc2)c(C)n1Cc1ccncc1. The molecule has 4 heterocycles. The van der Waals surface area contributed by atoms with Crippen molar-refractivity contribution in [2.24, 2.45) is 0 Å². The van der Waals surface area contributed by atoms with Crippen LogP contribution in [0, 0.1) is 13.8 Å². The van der Waals surface area contributed by atoms with Gasteiger partial charge in [-0.15, -0.1) is 0 Å². The van der Waals surface area contributed by atoms with Gasteiger partial charge in [0.2, 0.25) is 5.91 Å². The lowest BCUT2D eigenvalue weighted by Gasteiger charge is -2.28. The van der Waals surface area contributed by atoms with Crippen molar-refractivity contribution >= 4 is 28.9 Å². The second kappa shape index (κ2) is 10.9. The second-order valence-corrected chi connectivity index (χ2v) is 9.64. The highest BCUT2D eigenvalue weighted by molar-refractivity contribution is 7.80. The molecule has 1 aliphatic rings. The Balaban J connectivity index is 1.44. The van der Waals surface area contributed by atoms with E-state index in [-0.39, 0.29) is 18.0 Å². The van der Waals surface area contributed by atoms with Crippen LogP contribution in [-0.2, 0) is 11.3 Å². The summed E-state index contributed by atoms with van der Waals surface area (Å²) < 4.78 is 2.32. The van der Waals surface area contributed by atoms with Crippen LogP contribution in [0.3, 0.4) is 0 Å². The maximum Gasteiger partial charge on any atom is 0.226 e. The zero-order valence-electron chi connectivity index (χ0n) is 21.0. The van der Waals surface area contributed by atoms with Gasteiger partial charge in [0, 0.05) is 55.2 Å². The van der Waals surface area contributed by atoms with Crippen LogP contribution in [0.25, 0.3) is 0 Å². The first-order valence-corrected chi connectivity index (χ1v) is 12.8. The first-order valence-electron chi connectivity index (χ1n) is 12.4. The number of nitrogens with one attached hydrogen (secondary N) is 2. The van der Waals surface area contributed by atoms with E-state index < -0.39 is 0 Å². The van der Waals surface area contributed by atoms with Crippen molar-refractivity contribution < 1.29 is 4.79 Å². The van der Waals surface area contributed by atoms with Crippen LogP contribution >= 0.6 is 12.2 Å². The molecule has 1 saturated heterocycles. The van der Waals surface area contributed by atoms with Crippen LogP contribution in [0.4, 0.5) is 5.69 Å². The van der Waals surface area contributed by atoms with E-state index in [0.29, 0.717) is 18.1 Å². The lowest BCUT2D eigenvalue weighted by molar-refractivity contribution is -0.116. The minimum atomic E-state index is -0.124. The molecule has 3 aromatic heterocycles. The number of aromatic nitrogens is 3. The van der Waals surface area contributed by atoms with Crippen molar-refractivity contribution in [1.82, 2.24) is 24.8 Å². The van der Waals surface area contributed by atoms with Crippen molar-refractivity contribution in [3.05, 3.63) is 114 Å². The third-order valence-corrected chi connectivity index (χ3v) is 7.21. The van der Waals surface area contributed by atoms with Gasteiger partial charge in [0.1, 0.15) is 0 Å².